The number of rotatable bonds is 5. The summed E-state index contributed by atoms with van der Waals surface area (Å²) in [6.07, 6.45) is 0.324. The minimum absolute atomic E-state index is 0.213. The molecule has 1 aliphatic rings. The van der Waals surface area contributed by atoms with Crippen LogP contribution in [0.25, 0.3) is 0 Å². The van der Waals surface area contributed by atoms with Crippen LogP contribution >= 0.6 is 11.3 Å². The molecule has 0 bridgehead atoms. The minimum atomic E-state index is -1.67. The molecule has 166 valence electrons. The van der Waals surface area contributed by atoms with Crippen molar-refractivity contribution in [3.63, 3.8) is 0 Å². The lowest BCUT2D eigenvalue weighted by Gasteiger charge is -2.42. The largest absolute Gasteiger partial charge is 0.488 e. The number of carbonyl (C=O) groups is 2. The second-order valence-corrected chi connectivity index (χ2v) is 10.4. The fraction of sp³-hybridized carbons (Fsp3) is 0.455. The molecule has 0 aliphatic carbocycles. The molecule has 1 aromatic carbocycles. The van der Waals surface area contributed by atoms with Crippen molar-refractivity contribution in [2.24, 2.45) is 0 Å². The van der Waals surface area contributed by atoms with Crippen LogP contribution in [0.3, 0.4) is 0 Å². The molecular formula is C22H29BN2O5S. The van der Waals surface area contributed by atoms with Gasteiger partial charge in [-0.1, -0.05) is 12.1 Å². The fourth-order valence-corrected chi connectivity index (χ4v) is 5.38. The van der Waals surface area contributed by atoms with E-state index in [0.717, 1.165) is 10.4 Å². The summed E-state index contributed by atoms with van der Waals surface area (Å²) in [5.41, 5.74) is 1.13. The molecule has 0 saturated carbocycles. The van der Waals surface area contributed by atoms with Gasteiger partial charge in [-0.05, 0) is 71.1 Å². The molecule has 9 heteroatoms. The van der Waals surface area contributed by atoms with Crippen molar-refractivity contribution in [2.75, 3.05) is 5.32 Å². The van der Waals surface area contributed by atoms with Crippen LogP contribution in [-0.4, -0.2) is 40.7 Å². The summed E-state index contributed by atoms with van der Waals surface area (Å²) < 4.78 is 5.51. The third-order valence-electron chi connectivity index (χ3n) is 5.07. The van der Waals surface area contributed by atoms with Gasteiger partial charge < -0.3 is 25.4 Å². The van der Waals surface area contributed by atoms with Crippen LogP contribution in [0.2, 0.25) is 0 Å². The maximum absolute atomic E-state index is 13.0. The predicted molar refractivity (Wildman–Crippen MR) is 123 cm³/mol. The van der Waals surface area contributed by atoms with Crippen LogP contribution in [-0.2, 0) is 16.7 Å². The van der Waals surface area contributed by atoms with E-state index in [2.05, 4.69) is 38.3 Å². The lowest BCUT2D eigenvalue weighted by molar-refractivity contribution is 0.0377. The second-order valence-electron chi connectivity index (χ2n) is 9.33. The van der Waals surface area contributed by atoms with Crippen LogP contribution in [0.1, 0.15) is 72.7 Å². The molecule has 1 aromatic heterocycles. The van der Waals surface area contributed by atoms with E-state index in [1.165, 1.54) is 23.5 Å². The number of esters is 1. The Morgan fingerprint density at radius 1 is 1.23 bits per heavy atom. The number of fused-ring (bicyclic) bond motifs is 1. The Kier molecular flexibility index (Phi) is 6.35. The lowest BCUT2D eigenvalue weighted by Crippen LogP contribution is -2.55. The standard InChI is InChI=1S/C22H29BN2O5S/c1-12(2)30-20(27)16-15-11-21(3,4)25-22(5,6)17(15)31-19(16)24-18(26)13-8-7-9-14(10-13)23(28)29/h7-10,12,25,28-29H,11H2,1-6H3,(H,24,26). The lowest BCUT2D eigenvalue weighted by atomic mass is 9.79. The quantitative estimate of drug-likeness (QED) is 0.417. The first-order chi connectivity index (χ1) is 14.3. The smallest absolute Gasteiger partial charge is 0.459 e. The number of hydrogen-bond acceptors (Lipinski definition) is 7. The van der Waals surface area contributed by atoms with E-state index in [4.69, 9.17) is 4.74 Å². The number of ether oxygens (including phenoxy) is 1. The van der Waals surface area contributed by atoms with Gasteiger partial charge in [-0.15, -0.1) is 11.3 Å². The Morgan fingerprint density at radius 2 is 1.90 bits per heavy atom. The molecular weight excluding hydrogens is 415 g/mol. The van der Waals surface area contributed by atoms with E-state index in [0.29, 0.717) is 17.0 Å². The molecule has 0 atom stereocenters. The molecule has 0 saturated heterocycles. The van der Waals surface area contributed by atoms with Gasteiger partial charge >= 0.3 is 13.1 Å². The van der Waals surface area contributed by atoms with Crippen molar-refractivity contribution >= 4 is 40.8 Å². The van der Waals surface area contributed by atoms with E-state index in [-0.39, 0.29) is 22.7 Å². The Labute approximate surface area is 187 Å². The Hall–Kier alpha value is -2.20. The van der Waals surface area contributed by atoms with Gasteiger partial charge in [0.2, 0.25) is 0 Å². The van der Waals surface area contributed by atoms with Gasteiger partial charge in [-0.25, -0.2) is 4.79 Å². The summed E-state index contributed by atoms with van der Waals surface area (Å²) in [6.45, 7) is 11.8. The molecule has 0 fully saturated rings. The topological polar surface area (TPSA) is 108 Å². The molecule has 2 heterocycles. The van der Waals surface area contributed by atoms with Crippen molar-refractivity contribution in [1.29, 1.82) is 0 Å². The normalized spacial score (nSPS) is 16.5. The van der Waals surface area contributed by atoms with Crippen LogP contribution in [0.4, 0.5) is 5.00 Å². The number of hydrogen-bond donors (Lipinski definition) is 4. The zero-order chi connectivity index (χ0) is 23.1. The molecule has 1 amide bonds. The summed E-state index contributed by atoms with van der Waals surface area (Å²) in [5.74, 6) is -0.902. The number of benzene rings is 1. The number of amides is 1. The number of thiophene rings is 1. The molecule has 0 spiro atoms. The molecule has 1 aliphatic heterocycles. The Balaban J connectivity index is 2.06. The van der Waals surface area contributed by atoms with Gasteiger partial charge in [0.15, 0.2) is 0 Å². The molecule has 7 nitrogen and oxygen atoms in total. The van der Waals surface area contributed by atoms with Crippen molar-refractivity contribution in [3.8, 4) is 0 Å². The van der Waals surface area contributed by atoms with Gasteiger partial charge in [0.05, 0.1) is 11.7 Å². The summed E-state index contributed by atoms with van der Waals surface area (Å²) in [7, 11) is -1.67. The Bertz CT molecular complexity index is 1010. The van der Waals surface area contributed by atoms with E-state index in [1.807, 2.05) is 0 Å². The predicted octanol–water partition coefficient (Wildman–Crippen LogP) is 2.40. The van der Waals surface area contributed by atoms with E-state index >= 15 is 0 Å². The summed E-state index contributed by atoms with van der Waals surface area (Å²) >= 11 is 1.36. The van der Waals surface area contributed by atoms with Gasteiger partial charge in [0.25, 0.3) is 5.91 Å². The molecule has 0 radical (unpaired) electrons. The highest BCUT2D eigenvalue weighted by atomic mass is 32.1. The van der Waals surface area contributed by atoms with Crippen molar-refractivity contribution < 1.29 is 24.4 Å². The monoisotopic (exact) mass is 444 g/mol. The summed E-state index contributed by atoms with van der Waals surface area (Å²) in [6, 6.07) is 6.09. The highest BCUT2D eigenvalue weighted by Gasteiger charge is 2.42. The number of anilines is 1. The van der Waals surface area contributed by atoms with Crippen molar-refractivity contribution in [2.45, 2.75) is 65.1 Å². The van der Waals surface area contributed by atoms with Crippen LogP contribution in [0, 0.1) is 0 Å². The summed E-state index contributed by atoms with van der Waals surface area (Å²) in [5, 5.41) is 25.7. The first kappa shape index (κ1) is 23.5. The van der Waals surface area contributed by atoms with Crippen LogP contribution in [0.5, 0.6) is 0 Å². The zero-order valence-electron chi connectivity index (χ0n) is 18.7. The highest BCUT2D eigenvalue weighted by Crippen LogP contribution is 2.45. The third kappa shape index (κ3) is 5.01. The van der Waals surface area contributed by atoms with Crippen molar-refractivity contribution in [1.82, 2.24) is 5.32 Å². The van der Waals surface area contributed by atoms with Gasteiger partial charge in [0, 0.05) is 21.5 Å². The van der Waals surface area contributed by atoms with Gasteiger partial charge in [0.1, 0.15) is 5.00 Å². The maximum atomic E-state index is 13.0. The fourth-order valence-electron chi connectivity index (χ4n) is 4.12. The van der Waals surface area contributed by atoms with E-state index in [9.17, 15) is 19.6 Å². The van der Waals surface area contributed by atoms with Crippen LogP contribution in [0.15, 0.2) is 24.3 Å². The molecule has 2 aromatic rings. The van der Waals surface area contributed by atoms with Gasteiger partial charge in [-0.2, -0.15) is 0 Å². The Morgan fingerprint density at radius 3 is 2.52 bits per heavy atom. The average Bonchev–Trinajstić information content (AvgIpc) is 2.98. The highest BCUT2D eigenvalue weighted by molar-refractivity contribution is 7.17. The van der Waals surface area contributed by atoms with E-state index in [1.54, 1.807) is 26.0 Å². The van der Waals surface area contributed by atoms with Crippen molar-refractivity contribution in [3.05, 3.63) is 45.8 Å². The SMILES string of the molecule is CC(C)OC(=O)c1c(NC(=O)c2cccc(B(O)O)c2)sc2c1CC(C)(C)NC2(C)C. The number of nitrogens with one attached hydrogen (secondary N) is 2. The zero-order valence-corrected chi connectivity index (χ0v) is 19.5. The average molecular weight is 444 g/mol. The second kappa shape index (κ2) is 8.39. The molecule has 31 heavy (non-hydrogen) atoms. The minimum Gasteiger partial charge on any atom is -0.459 e. The summed E-state index contributed by atoms with van der Waals surface area (Å²) in [4.78, 5) is 27.0. The third-order valence-corrected chi connectivity index (χ3v) is 6.54. The molecule has 3 rings (SSSR count). The molecule has 4 N–H and O–H groups in total. The molecule has 0 unspecified atom stereocenters. The maximum Gasteiger partial charge on any atom is 0.488 e. The van der Waals surface area contributed by atoms with Crippen LogP contribution < -0.4 is 16.1 Å². The first-order valence-corrected chi connectivity index (χ1v) is 11.1. The first-order valence-electron chi connectivity index (χ1n) is 10.2. The number of carbonyl (C=O) groups excluding carboxylic acids is 2. The van der Waals surface area contributed by atoms with E-state index < -0.39 is 24.5 Å². The van der Waals surface area contributed by atoms with Gasteiger partial charge in [-0.3, -0.25) is 4.79 Å².